The van der Waals surface area contributed by atoms with Crippen LogP contribution in [0.5, 0.6) is 0 Å². The van der Waals surface area contributed by atoms with Gasteiger partial charge >= 0.3 is 6.03 Å². The third kappa shape index (κ3) is 7.37. The van der Waals surface area contributed by atoms with Crippen LogP contribution < -0.4 is 16.4 Å². The van der Waals surface area contributed by atoms with Gasteiger partial charge in [0.2, 0.25) is 5.96 Å². The predicted octanol–water partition coefficient (Wildman–Crippen LogP) is 3.48. The summed E-state index contributed by atoms with van der Waals surface area (Å²) in [7, 11) is 0. The molecule has 4 N–H and O–H groups in total. The molecule has 21 heavy (non-hydrogen) atoms. The number of guanidine groups is 1. The summed E-state index contributed by atoms with van der Waals surface area (Å²) in [5.74, 6) is 0.0691. The SMILES string of the molecule is CCC/C=C/N=C(N)NC(=O)Nc1ccc(C)cc1C.Cl. The fourth-order valence-corrected chi connectivity index (χ4v) is 1.63. The first-order chi connectivity index (χ1) is 9.52. The number of carbonyl (C=O) groups is 1. The number of benzene rings is 1. The van der Waals surface area contributed by atoms with Gasteiger partial charge < -0.3 is 11.1 Å². The second-order valence-corrected chi connectivity index (χ2v) is 4.59. The highest BCUT2D eigenvalue weighted by molar-refractivity contribution is 6.02. The van der Waals surface area contributed by atoms with E-state index in [1.807, 2.05) is 38.1 Å². The van der Waals surface area contributed by atoms with Gasteiger partial charge in [-0.15, -0.1) is 12.4 Å². The minimum Gasteiger partial charge on any atom is -0.369 e. The maximum absolute atomic E-state index is 11.7. The zero-order valence-electron chi connectivity index (χ0n) is 12.6. The summed E-state index contributed by atoms with van der Waals surface area (Å²) in [6, 6.07) is 5.40. The van der Waals surface area contributed by atoms with Gasteiger partial charge in [-0.3, -0.25) is 5.32 Å². The fourth-order valence-electron chi connectivity index (χ4n) is 1.63. The Hall–Kier alpha value is -2.01. The van der Waals surface area contributed by atoms with Gasteiger partial charge in [0.15, 0.2) is 0 Å². The van der Waals surface area contributed by atoms with Crippen molar-refractivity contribution in [3.63, 3.8) is 0 Å². The number of nitrogens with one attached hydrogen (secondary N) is 2. The third-order valence-electron chi connectivity index (χ3n) is 2.65. The normalized spacial score (nSPS) is 11.1. The van der Waals surface area contributed by atoms with Gasteiger partial charge in [-0.05, 0) is 31.9 Å². The first-order valence-corrected chi connectivity index (χ1v) is 6.66. The average molecular weight is 311 g/mol. The van der Waals surface area contributed by atoms with Crippen LogP contribution in [0.2, 0.25) is 0 Å². The Morgan fingerprint density at radius 3 is 2.71 bits per heavy atom. The number of halogens is 1. The molecule has 0 radical (unpaired) electrons. The van der Waals surface area contributed by atoms with E-state index in [0.29, 0.717) is 0 Å². The minimum atomic E-state index is -0.401. The average Bonchev–Trinajstić information content (AvgIpc) is 2.38. The van der Waals surface area contributed by atoms with Crippen molar-refractivity contribution >= 4 is 30.1 Å². The fraction of sp³-hybridized carbons (Fsp3) is 0.333. The van der Waals surface area contributed by atoms with Gasteiger partial charge in [-0.1, -0.05) is 37.1 Å². The van der Waals surface area contributed by atoms with Gasteiger partial charge in [-0.25, -0.2) is 9.79 Å². The molecule has 6 heteroatoms. The monoisotopic (exact) mass is 310 g/mol. The third-order valence-corrected chi connectivity index (χ3v) is 2.65. The molecule has 5 nitrogen and oxygen atoms in total. The molecule has 1 rings (SSSR count). The lowest BCUT2D eigenvalue weighted by molar-refractivity contribution is 0.256. The number of rotatable bonds is 4. The number of nitrogens with two attached hydrogens (primary N) is 1. The van der Waals surface area contributed by atoms with Gasteiger partial charge in [-0.2, -0.15) is 0 Å². The predicted molar refractivity (Wildman–Crippen MR) is 91.0 cm³/mol. The molecule has 0 spiro atoms. The first kappa shape index (κ1) is 19.0. The standard InChI is InChI=1S/C15H22N4O.ClH/c1-4-5-6-9-17-14(16)19-15(20)18-13-8-7-11(2)10-12(13)3;/h6-10H,4-5H2,1-3H3,(H4,16,17,18,19,20);1H/b9-6+;. The molecular formula is C15H23ClN4O. The van der Waals surface area contributed by atoms with Crippen molar-refractivity contribution in [2.75, 3.05) is 5.32 Å². The zero-order chi connectivity index (χ0) is 15.0. The maximum atomic E-state index is 11.7. The summed E-state index contributed by atoms with van der Waals surface area (Å²) in [5.41, 5.74) is 8.50. The molecule has 0 atom stereocenters. The maximum Gasteiger partial charge on any atom is 0.326 e. The van der Waals surface area contributed by atoms with Crippen molar-refractivity contribution in [1.29, 1.82) is 0 Å². The summed E-state index contributed by atoms with van der Waals surface area (Å²) in [4.78, 5) is 15.7. The minimum absolute atomic E-state index is 0. The van der Waals surface area contributed by atoms with E-state index in [9.17, 15) is 4.79 Å². The molecule has 1 aromatic rings. The van der Waals surface area contributed by atoms with E-state index >= 15 is 0 Å². The Morgan fingerprint density at radius 2 is 2.10 bits per heavy atom. The van der Waals surface area contributed by atoms with Crippen LogP contribution in [0.3, 0.4) is 0 Å². The number of allylic oxidation sites excluding steroid dienone is 1. The highest BCUT2D eigenvalue weighted by Gasteiger charge is 2.05. The first-order valence-electron chi connectivity index (χ1n) is 6.66. The topological polar surface area (TPSA) is 79.5 Å². The van der Waals surface area contributed by atoms with E-state index in [1.165, 1.54) is 0 Å². The Balaban J connectivity index is 0.00000400. The molecule has 2 amide bonds. The van der Waals surface area contributed by atoms with Gasteiger partial charge in [0, 0.05) is 11.9 Å². The van der Waals surface area contributed by atoms with Crippen molar-refractivity contribution in [3.05, 3.63) is 41.6 Å². The largest absolute Gasteiger partial charge is 0.369 e. The summed E-state index contributed by atoms with van der Waals surface area (Å²) in [6.45, 7) is 6.02. The number of hydrogen-bond donors (Lipinski definition) is 3. The lowest BCUT2D eigenvalue weighted by Crippen LogP contribution is -2.39. The van der Waals surface area contributed by atoms with Crippen molar-refractivity contribution < 1.29 is 4.79 Å². The van der Waals surface area contributed by atoms with Crippen LogP contribution in [-0.2, 0) is 0 Å². The van der Waals surface area contributed by atoms with Gasteiger partial charge in [0.05, 0.1) is 0 Å². The number of unbranched alkanes of at least 4 members (excludes halogenated alkanes) is 1. The molecule has 0 saturated heterocycles. The van der Waals surface area contributed by atoms with Crippen molar-refractivity contribution in [3.8, 4) is 0 Å². The molecule has 116 valence electrons. The molecule has 0 aliphatic carbocycles. The van der Waals surface area contributed by atoms with Crippen LogP contribution in [0.1, 0.15) is 30.9 Å². The van der Waals surface area contributed by atoms with Crippen LogP contribution in [0.4, 0.5) is 10.5 Å². The Bertz CT molecular complexity index is 526. The zero-order valence-corrected chi connectivity index (χ0v) is 13.5. The summed E-state index contributed by atoms with van der Waals surface area (Å²) in [5, 5.41) is 5.21. The summed E-state index contributed by atoms with van der Waals surface area (Å²) >= 11 is 0. The number of hydrogen-bond acceptors (Lipinski definition) is 2. The number of aryl methyl sites for hydroxylation is 2. The molecular weight excluding hydrogens is 288 g/mol. The van der Waals surface area contributed by atoms with E-state index in [4.69, 9.17) is 5.73 Å². The van der Waals surface area contributed by atoms with Crippen molar-refractivity contribution in [2.24, 2.45) is 10.7 Å². The Labute approximate surface area is 132 Å². The second-order valence-electron chi connectivity index (χ2n) is 4.59. The van der Waals surface area contributed by atoms with Crippen LogP contribution >= 0.6 is 12.4 Å². The van der Waals surface area contributed by atoms with Crippen LogP contribution in [-0.4, -0.2) is 12.0 Å². The number of carbonyl (C=O) groups excluding carboxylic acids is 1. The molecule has 0 aliphatic rings. The smallest absolute Gasteiger partial charge is 0.326 e. The number of urea groups is 1. The molecule has 0 aromatic heterocycles. The van der Waals surface area contributed by atoms with E-state index in [1.54, 1.807) is 6.20 Å². The lowest BCUT2D eigenvalue weighted by atomic mass is 10.1. The molecule has 0 bridgehead atoms. The molecule has 0 aliphatic heterocycles. The number of anilines is 1. The highest BCUT2D eigenvalue weighted by atomic mass is 35.5. The van der Waals surface area contributed by atoms with Crippen LogP contribution in [0, 0.1) is 13.8 Å². The van der Waals surface area contributed by atoms with E-state index < -0.39 is 6.03 Å². The lowest BCUT2D eigenvalue weighted by Gasteiger charge is -2.09. The summed E-state index contributed by atoms with van der Waals surface area (Å²) < 4.78 is 0. The van der Waals surface area contributed by atoms with E-state index in [0.717, 1.165) is 29.7 Å². The van der Waals surface area contributed by atoms with Crippen molar-refractivity contribution in [1.82, 2.24) is 5.32 Å². The molecule has 0 fully saturated rings. The second kappa shape index (κ2) is 9.83. The Kier molecular flexibility index (Phi) is 8.88. The number of aliphatic imine (C=N–C) groups is 1. The van der Waals surface area contributed by atoms with E-state index in [-0.39, 0.29) is 18.4 Å². The van der Waals surface area contributed by atoms with E-state index in [2.05, 4.69) is 22.5 Å². The van der Waals surface area contributed by atoms with Crippen LogP contribution in [0.15, 0.2) is 35.5 Å². The van der Waals surface area contributed by atoms with Crippen LogP contribution in [0.25, 0.3) is 0 Å². The number of amides is 2. The number of nitrogens with zero attached hydrogens (tertiary/aromatic N) is 1. The Morgan fingerprint density at radius 1 is 1.38 bits per heavy atom. The van der Waals surface area contributed by atoms with Gasteiger partial charge in [0.1, 0.15) is 0 Å². The molecule has 0 unspecified atom stereocenters. The van der Waals surface area contributed by atoms with Gasteiger partial charge in [0.25, 0.3) is 0 Å². The molecule has 0 saturated carbocycles. The quantitative estimate of drug-likeness (QED) is 0.588. The summed E-state index contributed by atoms with van der Waals surface area (Å²) in [6.07, 6.45) is 5.48. The molecule has 1 aromatic carbocycles. The highest BCUT2D eigenvalue weighted by Crippen LogP contribution is 2.15. The van der Waals surface area contributed by atoms with Crippen molar-refractivity contribution in [2.45, 2.75) is 33.6 Å². The molecule has 0 heterocycles.